The minimum atomic E-state index is -1.01. The molecule has 0 saturated heterocycles. The Morgan fingerprint density at radius 2 is 1.65 bits per heavy atom. The van der Waals surface area contributed by atoms with Crippen LogP contribution in [0.2, 0.25) is 0 Å². The first-order valence-corrected chi connectivity index (χ1v) is 7.97. The van der Waals surface area contributed by atoms with E-state index in [-0.39, 0.29) is 11.5 Å². The van der Waals surface area contributed by atoms with Crippen LogP contribution in [0.15, 0.2) is 72.8 Å². The van der Waals surface area contributed by atoms with Crippen molar-refractivity contribution in [2.75, 3.05) is 12.4 Å². The Bertz CT molecular complexity index is 965. The largest absolute Gasteiger partial charge is 0.495 e. The third kappa shape index (κ3) is 3.57. The van der Waals surface area contributed by atoms with Gasteiger partial charge >= 0.3 is 5.97 Å². The van der Waals surface area contributed by atoms with Gasteiger partial charge in [-0.3, -0.25) is 4.79 Å². The molecule has 2 N–H and O–H groups in total. The number of carbonyl (C=O) groups is 2. The summed E-state index contributed by atoms with van der Waals surface area (Å²) < 4.78 is 5.24. The molecule has 0 fully saturated rings. The zero-order chi connectivity index (χ0) is 18.5. The number of carbonyl (C=O) groups excluding carboxylic acids is 1. The predicted octanol–water partition coefficient (Wildman–Crippen LogP) is 4.31. The van der Waals surface area contributed by atoms with E-state index in [0.717, 1.165) is 0 Å². The molecule has 130 valence electrons. The first-order valence-electron chi connectivity index (χ1n) is 7.97. The molecule has 0 aliphatic heterocycles. The Kier molecular flexibility index (Phi) is 4.99. The van der Waals surface area contributed by atoms with Gasteiger partial charge < -0.3 is 15.2 Å². The van der Waals surface area contributed by atoms with Crippen molar-refractivity contribution in [1.29, 1.82) is 0 Å². The average molecular weight is 347 g/mol. The molecule has 3 aromatic rings. The molecule has 0 aliphatic rings. The summed E-state index contributed by atoms with van der Waals surface area (Å²) in [5.74, 6) is -0.748. The van der Waals surface area contributed by atoms with Gasteiger partial charge in [0.05, 0.1) is 18.4 Å². The summed E-state index contributed by atoms with van der Waals surface area (Å²) in [5.41, 5.74) is 2.40. The first-order chi connectivity index (χ1) is 12.6. The fraction of sp³-hybridized carbons (Fsp3) is 0.0476. The van der Waals surface area contributed by atoms with Gasteiger partial charge in [0.1, 0.15) is 5.75 Å². The Morgan fingerprint density at radius 1 is 0.923 bits per heavy atom. The van der Waals surface area contributed by atoms with Crippen LogP contribution >= 0.6 is 0 Å². The molecular weight excluding hydrogens is 330 g/mol. The standard InChI is InChI=1S/C21H17NO4/c1-26-19-12-5-4-11-18(19)22-20(23)15-8-6-7-14(13-15)16-9-2-3-10-17(16)21(24)25/h2-13H,1H3,(H,22,23)(H,24,25). The van der Waals surface area contributed by atoms with Gasteiger partial charge in [0, 0.05) is 5.56 Å². The quantitative estimate of drug-likeness (QED) is 0.721. The molecule has 0 spiro atoms. The van der Waals surface area contributed by atoms with Crippen LogP contribution in [0.3, 0.4) is 0 Å². The van der Waals surface area contributed by atoms with Crippen molar-refractivity contribution in [3.8, 4) is 16.9 Å². The van der Waals surface area contributed by atoms with Crippen LogP contribution in [0.25, 0.3) is 11.1 Å². The van der Waals surface area contributed by atoms with Crippen molar-refractivity contribution >= 4 is 17.6 Å². The van der Waals surface area contributed by atoms with Crippen molar-refractivity contribution in [2.24, 2.45) is 0 Å². The maximum atomic E-state index is 12.6. The van der Waals surface area contributed by atoms with Crippen molar-refractivity contribution in [3.63, 3.8) is 0 Å². The predicted molar refractivity (Wildman–Crippen MR) is 99.8 cm³/mol. The Hall–Kier alpha value is -3.60. The van der Waals surface area contributed by atoms with E-state index in [4.69, 9.17) is 4.74 Å². The second kappa shape index (κ2) is 7.53. The molecule has 0 bridgehead atoms. The number of hydrogen-bond donors (Lipinski definition) is 2. The summed E-state index contributed by atoms with van der Waals surface area (Å²) in [5, 5.41) is 12.2. The van der Waals surface area contributed by atoms with Gasteiger partial charge in [0.25, 0.3) is 5.91 Å². The van der Waals surface area contributed by atoms with Crippen LogP contribution in [0, 0.1) is 0 Å². The van der Waals surface area contributed by atoms with Gasteiger partial charge in [-0.15, -0.1) is 0 Å². The van der Waals surface area contributed by atoms with Crippen LogP contribution in [0.1, 0.15) is 20.7 Å². The fourth-order valence-electron chi connectivity index (χ4n) is 2.69. The molecule has 0 unspecified atom stereocenters. The van der Waals surface area contributed by atoms with Gasteiger partial charge in [-0.1, -0.05) is 42.5 Å². The van der Waals surface area contributed by atoms with Crippen LogP contribution in [0.4, 0.5) is 5.69 Å². The minimum absolute atomic E-state index is 0.190. The van der Waals surface area contributed by atoms with Crippen LogP contribution in [-0.4, -0.2) is 24.1 Å². The Labute approximate surface area is 150 Å². The summed E-state index contributed by atoms with van der Waals surface area (Å²) in [7, 11) is 1.54. The highest BCUT2D eigenvalue weighted by atomic mass is 16.5. The number of carboxylic acids is 1. The summed E-state index contributed by atoms with van der Waals surface area (Å²) in [4.78, 5) is 24.0. The summed E-state index contributed by atoms with van der Waals surface area (Å²) in [6, 6.07) is 20.7. The molecule has 1 amide bonds. The third-order valence-corrected chi connectivity index (χ3v) is 3.95. The SMILES string of the molecule is COc1ccccc1NC(=O)c1cccc(-c2ccccc2C(=O)O)c1. The number of rotatable bonds is 5. The van der Waals surface area contributed by atoms with E-state index in [9.17, 15) is 14.7 Å². The lowest BCUT2D eigenvalue weighted by Gasteiger charge is -2.11. The number of ether oxygens (including phenoxy) is 1. The molecule has 0 atom stereocenters. The van der Waals surface area contributed by atoms with Crippen molar-refractivity contribution in [3.05, 3.63) is 83.9 Å². The number of benzene rings is 3. The lowest BCUT2D eigenvalue weighted by atomic mass is 9.98. The van der Waals surface area contributed by atoms with Crippen LogP contribution in [0.5, 0.6) is 5.75 Å². The average Bonchev–Trinajstić information content (AvgIpc) is 2.68. The molecule has 5 nitrogen and oxygen atoms in total. The number of aromatic carboxylic acids is 1. The lowest BCUT2D eigenvalue weighted by molar-refractivity contribution is 0.0697. The van der Waals surface area contributed by atoms with Crippen molar-refractivity contribution < 1.29 is 19.4 Å². The van der Waals surface area contributed by atoms with Crippen molar-refractivity contribution in [2.45, 2.75) is 0 Å². The maximum absolute atomic E-state index is 12.6. The lowest BCUT2D eigenvalue weighted by Crippen LogP contribution is -2.12. The minimum Gasteiger partial charge on any atom is -0.495 e. The number of methoxy groups -OCH3 is 1. The monoisotopic (exact) mass is 347 g/mol. The molecule has 3 aromatic carbocycles. The summed E-state index contributed by atoms with van der Waals surface area (Å²) in [6.45, 7) is 0. The number of anilines is 1. The number of para-hydroxylation sites is 2. The van der Waals surface area contributed by atoms with Crippen LogP contribution in [-0.2, 0) is 0 Å². The molecule has 0 aromatic heterocycles. The molecule has 0 aliphatic carbocycles. The number of hydrogen-bond acceptors (Lipinski definition) is 3. The van der Waals surface area contributed by atoms with E-state index in [1.54, 1.807) is 66.7 Å². The van der Waals surface area contributed by atoms with E-state index in [1.165, 1.54) is 7.11 Å². The van der Waals surface area contributed by atoms with Crippen molar-refractivity contribution in [1.82, 2.24) is 0 Å². The number of amides is 1. The molecule has 3 rings (SSSR count). The first kappa shape index (κ1) is 17.2. The van der Waals surface area contributed by atoms with Gasteiger partial charge in [-0.2, -0.15) is 0 Å². The van der Waals surface area contributed by atoms with E-state index >= 15 is 0 Å². The molecular formula is C21H17NO4. The van der Waals surface area contributed by atoms with E-state index in [0.29, 0.717) is 28.1 Å². The number of nitrogens with one attached hydrogen (secondary N) is 1. The van der Waals surface area contributed by atoms with Crippen LogP contribution < -0.4 is 10.1 Å². The second-order valence-corrected chi connectivity index (χ2v) is 5.59. The smallest absolute Gasteiger partial charge is 0.336 e. The fourth-order valence-corrected chi connectivity index (χ4v) is 2.69. The van der Waals surface area contributed by atoms with Gasteiger partial charge in [-0.25, -0.2) is 4.79 Å². The highest BCUT2D eigenvalue weighted by Crippen LogP contribution is 2.26. The molecule has 0 saturated carbocycles. The Balaban J connectivity index is 1.93. The third-order valence-electron chi connectivity index (χ3n) is 3.95. The zero-order valence-electron chi connectivity index (χ0n) is 14.1. The van der Waals surface area contributed by atoms with Gasteiger partial charge in [0.2, 0.25) is 0 Å². The molecule has 0 radical (unpaired) electrons. The normalized spacial score (nSPS) is 10.2. The summed E-state index contributed by atoms with van der Waals surface area (Å²) >= 11 is 0. The molecule has 0 heterocycles. The highest BCUT2D eigenvalue weighted by Gasteiger charge is 2.14. The zero-order valence-corrected chi connectivity index (χ0v) is 14.1. The Morgan fingerprint density at radius 3 is 2.42 bits per heavy atom. The summed E-state index contributed by atoms with van der Waals surface area (Å²) in [6.07, 6.45) is 0. The topological polar surface area (TPSA) is 75.6 Å². The van der Waals surface area contributed by atoms with E-state index in [1.807, 2.05) is 6.07 Å². The van der Waals surface area contributed by atoms with Gasteiger partial charge in [-0.05, 0) is 41.5 Å². The maximum Gasteiger partial charge on any atom is 0.336 e. The second-order valence-electron chi connectivity index (χ2n) is 5.59. The molecule has 5 heteroatoms. The highest BCUT2D eigenvalue weighted by molar-refractivity contribution is 6.06. The molecule has 26 heavy (non-hydrogen) atoms. The van der Waals surface area contributed by atoms with Gasteiger partial charge in [0.15, 0.2) is 0 Å². The number of carboxylic acid groups (broad SMARTS) is 1. The van der Waals surface area contributed by atoms with E-state index < -0.39 is 5.97 Å². The van der Waals surface area contributed by atoms with E-state index in [2.05, 4.69) is 5.32 Å².